The third kappa shape index (κ3) is 3.87. The van der Waals surface area contributed by atoms with E-state index in [0.717, 1.165) is 12.0 Å². The molecular formula is C14H15Cl2NO3. The van der Waals surface area contributed by atoms with Crippen LogP contribution in [0.1, 0.15) is 24.3 Å². The molecule has 0 radical (unpaired) electrons. The van der Waals surface area contributed by atoms with E-state index in [2.05, 4.69) is 10.1 Å². The van der Waals surface area contributed by atoms with Crippen LogP contribution in [0.2, 0.25) is 10.0 Å². The molecular weight excluding hydrogens is 301 g/mol. The number of amides is 1. The molecule has 0 unspecified atom stereocenters. The highest BCUT2D eigenvalue weighted by Gasteiger charge is 2.43. The van der Waals surface area contributed by atoms with Crippen LogP contribution in [0.4, 0.5) is 0 Å². The zero-order valence-corrected chi connectivity index (χ0v) is 12.5. The Kier molecular flexibility index (Phi) is 4.89. The first kappa shape index (κ1) is 15.1. The van der Waals surface area contributed by atoms with Gasteiger partial charge in [-0.1, -0.05) is 23.2 Å². The average molecular weight is 316 g/mol. The predicted octanol–water partition coefficient (Wildman–Crippen LogP) is 2.78. The molecule has 1 aliphatic carbocycles. The normalized spacial score (nSPS) is 20.4. The van der Waals surface area contributed by atoms with Crippen molar-refractivity contribution < 1.29 is 14.3 Å². The number of esters is 1. The zero-order chi connectivity index (χ0) is 14.7. The molecule has 0 aliphatic heterocycles. The molecule has 20 heavy (non-hydrogen) atoms. The Balaban J connectivity index is 1.84. The molecule has 0 heterocycles. The number of halogens is 2. The maximum atomic E-state index is 11.9. The standard InChI is InChI=1S/C14H15Cl2NO3/c1-20-13(18)2-3-17-14(19)12-7-11(12)8-4-9(15)6-10(16)5-8/h4-6,11-12H,2-3,7H2,1H3,(H,17,19)/t11-,12+/m0/s1. The minimum Gasteiger partial charge on any atom is -0.469 e. The van der Waals surface area contributed by atoms with Gasteiger partial charge in [0, 0.05) is 22.5 Å². The largest absolute Gasteiger partial charge is 0.469 e. The number of carbonyl (C=O) groups is 2. The van der Waals surface area contributed by atoms with E-state index in [1.165, 1.54) is 7.11 Å². The summed E-state index contributed by atoms with van der Waals surface area (Å²) in [7, 11) is 1.32. The second-order valence-corrected chi connectivity index (χ2v) is 5.64. The molecule has 2 rings (SSSR count). The molecule has 4 nitrogen and oxygen atoms in total. The first-order valence-electron chi connectivity index (χ1n) is 6.31. The highest BCUT2D eigenvalue weighted by atomic mass is 35.5. The van der Waals surface area contributed by atoms with Crippen molar-refractivity contribution in [1.29, 1.82) is 0 Å². The number of hydrogen-bond donors (Lipinski definition) is 1. The SMILES string of the molecule is COC(=O)CCNC(=O)[C@@H]1C[C@H]1c1cc(Cl)cc(Cl)c1. The van der Waals surface area contributed by atoms with E-state index >= 15 is 0 Å². The summed E-state index contributed by atoms with van der Waals surface area (Å²) < 4.78 is 4.51. The second kappa shape index (κ2) is 6.46. The molecule has 6 heteroatoms. The summed E-state index contributed by atoms with van der Waals surface area (Å²) in [6.45, 7) is 0.297. The summed E-state index contributed by atoms with van der Waals surface area (Å²) in [4.78, 5) is 22.8. The summed E-state index contributed by atoms with van der Waals surface area (Å²) >= 11 is 11.9. The molecule has 0 spiro atoms. The molecule has 1 N–H and O–H groups in total. The Morgan fingerprint density at radius 3 is 2.55 bits per heavy atom. The van der Waals surface area contributed by atoms with Gasteiger partial charge in [-0.15, -0.1) is 0 Å². The highest BCUT2D eigenvalue weighted by Crippen LogP contribution is 2.48. The summed E-state index contributed by atoms with van der Waals surface area (Å²) in [5.74, 6) is -0.291. The topological polar surface area (TPSA) is 55.4 Å². The molecule has 1 aliphatic rings. The van der Waals surface area contributed by atoms with E-state index in [1.54, 1.807) is 6.07 Å². The van der Waals surface area contributed by atoms with E-state index in [1.807, 2.05) is 12.1 Å². The first-order valence-corrected chi connectivity index (χ1v) is 7.07. The number of benzene rings is 1. The first-order chi connectivity index (χ1) is 9.51. The maximum absolute atomic E-state index is 11.9. The summed E-state index contributed by atoms with van der Waals surface area (Å²) in [5.41, 5.74) is 0.982. The van der Waals surface area contributed by atoms with Crippen molar-refractivity contribution in [1.82, 2.24) is 5.32 Å². The van der Waals surface area contributed by atoms with Gasteiger partial charge in [-0.3, -0.25) is 9.59 Å². The molecule has 0 aromatic heterocycles. The van der Waals surface area contributed by atoms with Crippen LogP contribution in [0, 0.1) is 5.92 Å². The minimum absolute atomic E-state index is 0.0463. The molecule has 1 aromatic rings. The lowest BCUT2D eigenvalue weighted by molar-refractivity contribution is -0.140. The lowest BCUT2D eigenvalue weighted by atomic mass is 10.1. The van der Waals surface area contributed by atoms with Crippen molar-refractivity contribution in [2.45, 2.75) is 18.8 Å². The van der Waals surface area contributed by atoms with Gasteiger partial charge in [0.2, 0.25) is 5.91 Å². The Hall–Kier alpha value is -1.26. The van der Waals surface area contributed by atoms with E-state index in [0.29, 0.717) is 16.6 Å². The van der Waals surface area contributed by atoms with Crippen LogP contribution < -0.4 is 5.32 Å². The van der Waals surface area contributed by atoms with Gasteiger partial charge >= 0.3 is 5.97 Å². The average Bonchev–Trinajstić information content (AvgIpc) is 3.17. The molecule has 1 aromatic carbocycles. The van der Waals surface area contributed by atoms with Gasteiger partial charge in [0.25, 0.3) is 0 Å². The lowest BCUT2D eigenvalue weighted by Crippen LogP contribution is -2.28. The van der Waals surface area contributed by atoms with Crippen LogP contribution in [0.3, 0.4) is 0 Å². The smallest absolute Gasteiger partial charge is 0.307 e. The van der Waals surface area contributed by atoms with E-state index in [4.69, 9.17) is 23.2 Å². The molecule has 2 atom stereocenters. The van der Waals surface area contributed by atoms with Crippen molar-refractivity contribution in [3.05, 3.63) is 33.8 Å². The fourth-order valence-corrected chi connectivity index (χ4v) is 2.71. The van der Waals surface area contributed by atoms with Gasteiger partial charge in [0.1, 0.15) is 0 Å². The van der Waals surface area contributed by atoms with Gasteiger partial charge in [-0.2, -0.15) is 0 Å². The van der Waals surface area contributed by atoms with Gasteiger partial charge in [-0.05, 0) is 36.1 Å². The zero-order valence-electron chi connectivity index (χ0n) is 11.0. The number of rotatable bonds is 5. The summed E-state index contributed by atoms with van der Waals surface area (Å²) in [6.07, 6.45) is 0.962. The number of ether oxygens (including phenoxy) is 1. The summed E-state index contributed by atoms with van der Waals surface area (Å²) in [5, 5.41) is 3.88. The molecule has 108 valence electrons. The van der Waals surface area contributed by atoms with Gasteiger partial charge in [0.15, 0.2) is 0 Å². The molecule has 1 saturated carbocycles. The van der Waals surface area contributed by atoms with Crippen LogP contribution in [0.5, 0.6) is 0 Å². The second-order valence-electron chi connectivity index (χ2n) is 4.77. The Morgan fingerprint density at radius 1 is 1.30 bits per heavy atom. The predicted molar refractivity (Wildman–Crippen MR) is 77.0 cm³/mol. The number of nitrogens with one attached hydrogen (secondary N) is 1. The van der Waals surface area contributed by atoms with Crippen LogP contribution >= 0.6 is 23.2 Å². The highest BCUT2D eigenvalue weighted by molar-refractivity contribution is 6.34. The van der Waals surface area contributed by atoms with Gasteiger partial charge in [-0.25, -0.2) is 0 Å². The quantitative estimate of drug-likeness (QED) is 0.850. The fourth-order valence-electron chi connectivity index (χ4n) is 2.16. The van der Waals surface area contributed by atoms with Gasteiger partial charge in [0.05, 0.1) is 13.5 Å². The van der Waals surface area contributed by atoms with Crippen molar-refractivity contribution in [3.63, 3.8) is 0 Å². The fraction of sp³-hybridized carbons (Fsp3) is 0.429. The lowest BCUT2D eigenvalue weighted by Gasteiger charge is -2.05. The van der Waals surface area contributed by atoms with E-state index in [-0.39, 0.29) is 30.1 Å². The van der Waals surface area contributed by atoms with Crippen LogP contribution in [-0.4, -0.2) is 25.5 Å². The van der Waals surface area contributed by atoms with Crippen molar-refractivity contribution in [2.24, 2.45) is 5.92 Å². The van der Waals surface area contributed by atoms with Crippen LogP contribution in [0.25, 0.3) is 0 Å². The minimum atomic E-state index is -0.334. The Morgan fingerprint density at radius 2 is 1.95 bits per heavy atom. The third-order valence-electron chi connectivity index (χ3n) is 3.30. The van der Waals surface area contributed by atoms with Gasteiger partial charge < -0.3 is 10.1 Å². The molecule has 1 amide bonds. The maximum Gasteiger partial charge on any atom is 0.307 e. The molecule has 0 bridgehead atoms. The van der Waals surface area contributed by atoms with Crippen molar-refractivity contribution >= 4 is 35.1 Å². The summed E-state index contributed by atoms with van der Waals surface area (Å²) in [6, 6.07) is 5.33. The van der Waals surface area contributed by atoms with Crippen molar-refractivity contribution in [2.75, 3.05) is 13.7 Å². The molecule has 0 saturated heterocycles. The van der Waals surface area contributed by atoms with E-state index in [9.17, 15) is 9.59 Å². The number of hydrogen-bond acceptors (Lipinski definition) is 3. The Bertz CT molecular complexity index is 513. The van der Waals surface area contributed by atoms with Crippen molar-refractivity contribution in [3.8, 4) is 0 Å². The number of methoxy groups -OCH3 is 1. The monoisotopic (exact) mass is 315 g/mol. The van der Waals surface area contributed by atoms with Crippen LogP contribution in [0.15, 0.2) is 18.2 Å². The van der Waals surface area contributed by atoms with Crippen LogP contribution in [-0.2, 0) is 14.3 Å². The molecule has 1 fully saturated rings. The number of carbonyl (C=O) groups excluding carboxylic acids is 2. The third-order valence-corrected chi connectivity index (χ3v) is 3.73. The van der Waals surface area contributed by atoms with E-state index < -0.39 is 0 Å². The Labute approximate surface area is 127 Å².